The molecule has 0 bridgehead atoms. The first-order valence-electron chi connectivity index (χ1n) is 9.28. The minimum absolute atomic E-state index is 0.117. The van der Waals surface area contributed by atoms with Gasteiger partial charge in [-0.2, -0.15) is 13.2 Å². The molecule has 0 aliphatic carbocycles. The maximum atomic E-state index is 13.3. The predicted octanol–water partition coefficient (Wildman–Crippen LogP) is 4.64. The maximum Gasteiger partial charge on any atom is 0.416 e. The summed E-state index contributed by atoms with van der Waals surface area (Å²) in [7, 11) is 2.00. The number of para-hydroxylation sites is 2. The van der Waals surface area contributed by atoms with Gasteiger partial charge in [-0.25, -0.2) is 9.37 Å². The molecule has 0 N–H and O–H groups in total. The Bertz CT molecular complexity index is 954. The number of aryl methyl sites for hydroxylation is 1. The molecular weight excluding hydrogens is 386 g/mol. The summed E-state index contributed by atoms with van der Waals surface area (Å²) >= 11 is 0. The van der Waals surface area contributed by atoms with Crippen LogP contribution in [0.2, 0.25) is 0 Å². The molecule has 1 fully saturated rings. The van der Waals surface area contributed by atoms with E-state index in [0.717, 1.165) is 17.6 Å². The summed E-state index contributed by atoms with van der Waals surface area (Å²) in [6, 6.07) is 10.9. The van der Waals surface area contributed by atoms with Gasteiger partial charge in [0.25, 0.3) is 0 Å². The first-order valence-corrected chi connectivity index (χ1v) is 9.28. The van der Waals surface area contributed by atoms with Crippen molar-refractivity contribution in [1.82, 2.24) is 14.5 Å². The van der Waals surface area contributed by atoms with Gasteiger partial charge in [-0.3, -0.25) is 4.90 Å². The van der Waals surface area contributed by atoms with E-state index in [4.69, 9.17) is 4.74 Å². The van der Waals surface area contributed by atoms with Crippen LogP contribution in [-0.2, 0) is 24.5 Å². The van der Waals surface area contributed by atoms with Crippen molar-refractivity contribution in [2.24, 2.45) is 7.05 Å². The van der Waals surface area contributed by atoms with Gasteiger partial charge in [0.15, 0.2) is 0 Å². The molecule has 2 aromatic carbocycles. The average Bonchev–Trinajstić information content (AvgIpc) is 3.05. The van der Waals surface area contributed by atoms with E-state index in [1.54, 1.807) is 0 Å². The summed E-state index contributed by atoms with van der Waals surface area (Å²) in [4.78, 5) is 6.17. The topological polar surface area (TPSA) is 30.3 Å². The Balaban J connectivity index is 0.000000200. The molecule has 4 rings (SSSR count). The lowest BCUT2D eigenvalue weighted by Crippen LogP contribution is -2.42. The normalized spacial score (nSPS) is 17.8. The minimum atomic E-state index is -4.52. The molecule has 0 radical (unpaired) electrons. The van der Waals surface area contributed by atoms with Crippen molar-refractivity contribution < 1.29 is 22.3 Å². The standard InChI is InChI=1S/C13H15F4NO.C8H8N2/c1-9-8-19-3-2-18(9)7-10-4-11(13(15,16)17)6-12(14)5-10;1-10-6-9-7-4-2-3-5-8(7)10/h4-6,9H,2-3,7-8H2,1H3;2-6H,1H3. The van der Waals surface area contributed by atoms with Crippen molar-refractivity contribution in [2.75, 3.05) is 19.8 Å². The second-order valence-electron chi connectivity index (χ2n) is 7.08. The molecule has 1 aliphatic rings. The van der Waals surface area contributed by atoms with Crippen LogP contribution in [0.4, 0.5) is 17.6 Å². The summed E-state index contributed by atoms with van der Waals surface area (Å²) in [5, 5.41) is 0. The van der Waals surface area contributed by atoms with Crippen molar-refractivity contribution in [3.63, 3.8) is 0 Å². The number of imidazole rings is 1. The Morgan fingerprint density at radius 2 is 1.93 bits per heavy atom. The van der Waals surface area contributed by atoms with Crippen LogP contribution in [-0.4, -0.2) is 40.3 Å². The smallest absolute Gasteiger partial charge is 0.379 e. The molecule has 1 unspecified atom stereocenters. The Labute approximate surface area is 166 Å². The zero-order chi connectivity index (χ0) is 21.0. The molecule has 0 amide bonds. The lowest BCUT2D eigenvalue weighted by atomic mass is 10.1. The monoisotopic (exact) mass is 409 g/mol. The number of hydrogen-bond donors (Lipinski definition) is 0. The average molecular weight is 409 g/mol. The van der Waals surface area contributed by atoms with E-state index < -0.39 is 17.6 Å². The van der Waals surface area contributed by atoms with Gasteiger partial charge in [-0.1, -0.05) is 12.1 Å². The van der Waals surface area contributed by atoms with Gasteiger partial charge in [-0.15, -0.1) is 0 Å². The molecule has 2 heterocycles. The van der Waals surface area contributed by atoms with Crippen LogP contribution in [0, 0.1) is 5.82 Å². The number of benzene rings is 2. The van der Waals surface area contributed by atoms with Crippen LogP contribution >= 0.6 is 0 Å². The van der Waals surface area contributed by atoms with Crippen LogP contribution in [0.5, 0.6) is 0 Å². The molecule has 29 heavy (non-hydrogen) atoms. The fraction of sp³-hybridized carbons (Fsp3) is 0.381. The number of aromatic nitrogens is 2. The van der Waals surface area contributed by atoms with Gasteiger partial charge >= 0.3 is 6.18 Å². The molecule has 3 aromatic rings. The van der Waals surface area contributed by atoms with Crippen molar-refractivity contribution in [2.45, 2.75) is 25.7 Å². The first-order chi connectivity index (χ1) is 13.7. The summed E-state index contributed by atoms with van der Waals surface area (Å²) < 4.78 is 58.3. The van der Waals surface area contributed by atoms with Crippen LogP contribution in [0.15, 0.2) is 48.8 Å². The largest absolute Gasteiger partial charge is 0.416 e. The van der Waals surface area contributed by atoms with Crippen LogP contribution in [0.3, 0.4) is 0 Å². The van der Waals surface area contributed by atoms with Crippen molar-refractivity contribution in [3.8, 4) is 0 Å². The molecule has 1 aliphatic heterocycles. The highest BCUT2D eigenvalue weighted by Crippen LogP contribution is 2.30. The molecular formula is C21H23F4N3O. The zero-order valence-corrected chi connectivity index (χ0v) is 16.3. The highest BCUT2D eigenvalue weighted by atomic mass is 19.4. The minimum Gasteiger partial charge on any atom is -0.379 e. The highest BCUT2D eigenvalue weighted by molar-refractivity contribution is 5.74. The highest BCUT2D eigenvalue weighted by Gasteiger charge is 2.31. The van der Waals surface area contributed by atoms with Gasteiger partial charge in [0.05, 0.1) is 36.1 Å². The summed E-state index contributed by atoms with van der Waals surface area (Å²) in [5.41, 5.74) is 1.64. The summed E-state index contributed by atoms with van der Waals surface area (Å²) in [6.45, 7) is 3.96. The number of hydrogen-bond acceptors (Lipinski definition) is 3. The van der Waals surface area contributed by atoms with E-state index >= 15 is 0 Å². The molecule has 1 atom stereocenters. The van der Waals surface area contributed by atoms with Gasteiger partial charge in [-0.05, 0) is 42.8 Å². The molecule has 0 saturated carbocycles. The third-order valence-electron chi connectivity index (χ3n) is 4.81. The number of halogens is 4. The van der Waals surface area contributed by atoms with E-state index in [1.807, 2.05) is 48.0 Å². The maximum absolute atomic E-state index is 13.3. The first kappa shape index (κ1) is 21.3. The van der Waals surface area contributed by atoms with Crippen LogP contribution in [0.1, 0.15) is 18.1 Å². The van der Waals surface area contributed by atoms with E-state index in [9.17, 15) is 17.6 Å². The zero-order valence-electron chi connectivity index (χ0n) is 16.3. The summed E-state index contributed by atoms with van der Waals surface area (Å²) in [6.07, 6.45) is -2.70. The van der Waals surface area contributed by atoms with Crippen LogP contribution < -0.4 is 0 Å². The molecule has 156 valence electrons. The van der Waals surface area contributed by atoms with Gasteiger partial charge in [0.2, 0.25) is 0 Å². The van der Waals surface area contributed by atoms with Crippen molar-refractivity contribution in [1.29, 1.82) is 0 Å². The second-order valence-corrected chi connectivity index (χ2v) is 7.08. The predicted molar refractivity (Wildman–Crippen MR) is 103 cm³/mol. The van der Waals surface area contributed by atoms with Crippen molar-refractivity contribution in [3.05, 3.63) is 65.7 Å². The molecule has 8 heteroatoms. The Hall–Kier alpha value is -2.45. The van der Waals surface area contributed by atoms with Gasteiger partial charge in [0, 0.05) is 26.2 Å². The summed E-state index contributed by atoms with van der Waals surface area (Å²) in [5.74, 6) is -0.856. The number of rotatable bonds is 2. The number of nitrogens with zero attached hydrogens (tertiary/aromatic N) is 3. The SMILES string of the molecule is CC1COCCN1Cc1cc(F)cc(C(F)(F)F)c1.Cn1cnc2ccccc21. The molecule has 0 spiro atoms. The molecule has 4 nitrogen and oxygen atoms in total. The molecule has 1 aromatic heterocycles. The van der Waals surface area contributed by atoms with Crippen molar-refractivity contribution >= 4 is 11.0 Å². The Morgan fingerprint density at radius 3 is 2.62 bits per heavy atom. The lowest BCUT2D eigenvalue weighted by Gasteiger charge is -2.33. The van der Waals surface area contributed by atoms with E-state index in [-0.39, 0.29) is 6.04 Å². The van der Waals surface area contributed by atoms with Gasteiger partial charge < -0.3 is 9.30 Å². The Morgan fingerprint density at radius 1 is 1.17 bits per heavy atom. The Kier molecular flexibility index (Phi) is 6.54. The number of morpholine rings is 1. The van der Waals surface area contributed by atoms with Gasteiger partial charge in [0.1, 0.15) is 5.82 Å². The number of ether oxygens (including phenoxy) is 1. The number of alkyl halides is 3. The lowest BCUT2D eigenvalue weighted by molar-refractivity contribution is -0.137. The van der Waals surface area contributed by atoms with E-state index in [2.05, 4.69) is 11.1 Å². The fourth-order valence-electron chi connectivity index (χ4n) is 3.22. The number of fused-ring (bicyclic) bond motifs is 1. The third kappa shape index (κ3) is 5.55. The third-order valence-corrected chi connectivity index (χ3v) is 4.81. The van der Waals surface area contributed by atoms with E-state index in [1.165, 1.54) is 5.52 Å². The second kappa shape index (κ2) is 8.92. The van der Waals surface area contributed by atoms with E-state index in [0.29, 0.717) is 37.9 Å². The fourth-order valence-corrected chi connectivity index (χ4v) is 3.22. The van der Waals surface area contributed by atoms with Crippen LogP contribution in [0.25, 0.3) is 11.0 Å². The molecule has 1 saturated heterocycles. The quantitative estimate of drug-likeness (QED) is 0.578.